The summed E-state index contributed by atoms with van der Waals surface area (Å²) in [6.45, 7) is 2.28. The van der Waals surface area contributed by atoms with Gasteiger partial charge in [0.05, 0.1) is 16.7 Å². The second-order valence-corrected chi connectivity index (χ2v) is 8.70. The summed E-state index contributed by atoms with van der Waals surface area (Å²) in [5.74, 6) is -1.00. The van der Waals surface area contributed by atoms with E-state index in [0.29, 0.717) is 41.8 Å². The monoisotopic (exact) mass is 406 g/mol. The van der Waals surface area contributed by atoms with Crippen molar-refractivity contribution in [2.45, 2.75) is 18.3 Å². The average Bonchev–Trinajstić information content (AvgIpc) is 3.10. The van der Waals surface area contributed by atoms with E-state index in [1.54, 1.807) is 18.3 Å². The van der Waals surface area contributed by atoms with Gasteiger partial charge in [0.2, 0.25) is 0 Å². The van der Waals surface area contributed by atoms with E-state index in [2.05, 4.69) is 27.2 Å². The summed E-state index contributed by atoms with van der Waals surface area (Å²) in [5, 5.41) is 3.04. The average molecular weight is 406 g/mol. The lowest BCUT2D eigenvalue weighted by atomic mass is 9.73. The first kappa shape index (κ1) is 17.8. The molecule has 6 rings (SSSR count). The van der Waals surface area contributed by atoms with Crippen LogP contribution in [0.25, 0.3) is 22.5 Å². The number of H-pyrrole nitrogens is 1. The molecule has 1 amide bonds. The first-order chi connectivity index (χ1) is 14.5. The van der Waals surface area contributed by atoms with Crippen molar-refractivity contribution in [2.24, 2.45) is 0 Å². The van der Waals surface area contributed by atoms with Crippen LogP contribution in [0.5, 0.6) is 0 Å². The lowest BCUT2D eigenvalue weighted by Gasteiger charge is -2.50. The Kier molecular flexibility index (Phi) is 3.54. The van der Waals surface area contributed by atoms with Gasteiger partial charge in [-0.3, -0.25) is 9.78 Å². The quantitative estimate of drug-likeness (QED) is 0.653. The minimum atomic E-state index is -0.474. The number of nitrogens with one attached hydrogen (secondary N) is 2. The van der Waals surface area contributed by atoms with Crippen LogP contribution in [0.3, 0.4) is 0 Å². The summed E-state index contributed by atoms with van der Waals surface area (Å²) in [4.78, 5) is 22.7. The number of halogens is 2. The number of benzene rings is 1. The third-order valence-corrected chi connectivity index (χ3v) is 6.68. The Morgan fingerprint density at radius 1 is 1.17 bits per heavy atom. The van der Waals surface area contributed by atoms with Crippen molar-refractivity contribution in [3.05, 3.63) is 64.5 Å². The number of rotatable bonds is 1. The smallest absolute Gasteiger partial charge is 0.253 e. The molecule has 0 atom stereocenters. The van der Waals surface area contributed by atoms with E-state index >= 15 is 4.39 Å². The maximum Gasteiger partial charge on any atom is 0.253 e. The third-order valence-electron chi connectivity index (χ3n) is 6.68. The number of carbonyl (C=O) groups is 1. The summed E-state index contributed by atoms with van der Waals surface area (Å²) in [6.07, 6.45) is 2.95. The van der Waals surface area contributed by atoms with E-state index in [1.807, 2.05) is 0 Å². The van der Waals surface area contributed by atoms with Crippen molar-refractivity contribution in [2.75, 3.05) is 26.7 Å². The number of carbonyl (C=O) groups excluding carboxylic acids is 1. The number of fused-ring (bicyclic) bond motifs is 6. The molecule has 152 valence electrons. The SMILES string of the molecule is CN1CC2(CNC(=O)c3c2[nH]c2c3CCc3cnc(-c4cccc(F)c4)c(F)c3-2)C1. The van der Waals surface area contributed by atoms with Gasteiger partial charge in [-0.1, -0.05) is 12.1 Å². The summed E-state index contributed by atoms with van der Waals surface area (Å²) < 4.78 is 29.5. The number of amides is 1. The molecular formula is C23H20F2N4O. The molecule has 0 saturated carbocycles. The number of nitrogens with zero attached hydrogens (tertiary/aromatic N) is 2. The Morgan fingerprint density at radius 2 is 2.00 bits per heavy atom. The first-order valence-electron chi connectivity index (χ1n) is 10.1. The molecule has 5 nitrogen and oxygen atoms in total. The fourth-order valence-electron chi connectivity index (χ4n) is 5.41. The van der Waals surface area contributed by atoms with E-state index in [0.717, 1.165) is 29.9 Å². The number of hydrogen-bond acceptors (Lipinski definition) is 3. The van der Waals surface area contributed by atoms with Crippen molar-refractivity contribution in [1.82, 2.24) is 20.2 Å². The predicted octanol–water partition coefficient (Wildman–Crippen LogP) is 3.05. The molecule has 7 heteroatoms. The zero-order chi connectivity index (χ0) is 20.6. The number of aryl methyl sites for hydroxylation is 1. The molecule has 0 bridgehead atoms. The Labute approximate surface area is 172 Å². The predicted molar refractivity (Wildman–Crippen MR) is 108 cm³/mol. The zero-order valence-corrected chi connectivity index (χ0v) is 16.5. The molecule has 2 aromatic heterocycles. The molecule has 2 N–H and O–H groups in total. The largest absolute Gasteiger partial charge is 0.357 e. The number of likely N-dealkylation sites (N-methyl/N-ethyl adjacent to an activating group) is 1. The third kappa shape index (κ3) is 2.29. The van der Waals surface area contributed by atoms with Gasteiger partial charge in [-0.15, -0.1) is 0 Å². The fourth-order valence-corrected chi connectivity index (χ4v) is 5.41. The number of aromatic amines is 1. The summed E-state index contributed by atoms with van der Waals surface area (Å²) in [7, 11) is 2.05. The number of hydrogen-bond donors (Lipinski definition) is 2. The van der Waals surface area contributed by atoms with E-state index < -0.39 is 11.6 Å². The molecule has 3 aromatic rings. The maximum atomic E-state index is 15.7. The van der Waals surface area contributed by atoms with Crippen LogP contribution in [0.15, 0.2) is 30.5 Å². The second-order valence-electron chi connectivity index (χ2n) is 8.70. The molecule has 1 aromatic carbocycles. The molecule has 1 saturated heterocycles. The molecule has 0 radical (unpaired) electrons. The van der Waals surface area contributed by atoms with Gasteiger partial charge in [0.15, 0.2) is 5.82 Å². The van der Waals surface area contributed by atoms with Crippen LogP contribution < -0.4 is 5.32 Å². The van der Waals surface area contributed by atoms with Crippen LogP contribution in [0.1, 0.15) is 27.2 Å². The van der Waals surface area contributed by atoms with Crippen molar-refractivity contribution in [1.29, 1.82) is 0 Å². The van der Waals surface area contributed by atoms with Gasteiger partial charge in [-0.2, -0.15) is 0 Å². The van der Waals surface area contributed by atoms with Crippen molar-refractivity contribution in [3.8, 4) is 22.5 Å². The van der Waals surface area contributed by atoms with E-state index in [9.17, 15) is 9.18 Å². The molecule has 2 aliphatic heterocycles. The molecule has 30 heavy (non-hydrogen) atoms. The summed E-state index contributed by atoms with van der Waals surface area (Å²) >= 11 is 0. The van der Waals surface area contributed by atoms with Crippen LogP contribution in [0, 0.1) is 11.6 Å². The van der Waals surface area contributed by atoms with Crippen LogP contribution in [0.4, 0.5) is 8.78 Å². The van der Waals surface area contributed by atoms with E-state index in [4.69, 9.17) is 0 Å². The Morgan fingerprint density at radius 3 is 2.77 bits per heavy atom. The fraction of sp³-hybridized carbons (Fsp3) is 0.304. The highest BCUT2D eigenvalue weighted by Gasteiger charge is 2.50. The normalized spacial score (nSPS) is 19.0. The highest BCUT2D eigenvalue weighted by atomic mass is 19.1. The minimum Gasteiger partial charge on any atom is -0.357 e. The van der Waals surface area contributed by atoms with Crippen LogP contribution in [-0.2, 0) is 18.3 Å². The summed E-state index contributed by atoms with van der Waals surface area (Å²) in [5.41, 5.74) is 4.77. The van der Waals surface area contributed by atoms with Crippen LogP contribution in [0.2, 0.25) is 0 Å². The van der Waals surface area contributed by atoms with Gasteiger partial charge in [-0.25, -0.2) is 8.78 Å². The second kappa shape index (κ2) is 5.98. The standard InChI is InChI=1S/C23H20F2N4O/c1-29-10-23(11-29)9-27-22(30)17-15-6-5-13-8-26-19(12-3-2-4-14(24)7-12)18(25)16(13)20(15)28-21(17)23/h2-4,7-8,28H,5-6,9-11H2,1H3,(H,27,30). The van der Waals surface area contributed by atoms with Gasteiger partial charge in [0.25, 0.3) is 5.91 Å². The molecule has 4 heterocycles. The molecule has 1 aliphatic carbocycles. The highest BCUT2D eigenvalue weighted by molar-refractivity contribution is 6.01. The van der Waals surface area contributed by atoms with Crippen LogP contribution >= 0.6 is 0 Å². The Hall–Kier alpha value is -3.06. The topological polar surface area (TPSA) is 61.0 Å². The van der Waals surface area contributed by atoms with Gasteiger partial charge in [0.1, 0.15) is 11.5 Å². The van der Waals surface area contributed by atoms with Crippen molar-refractivity contribution in [3.63, 3.8) is 0 Å². The Balaban J connectivity index is 1.56. The van der Waals surface area contributed by atoms with Crippen LogP contribution in [-0.4, -0.2) is 47.5 Å². The van der Waals surface area contributed by atoms with Gasteiger partial charge in [0, 0.05) is 42.7 Å². The molecular weight excluding hydrogens is 386 g/mol. The van der Waals surface area contributed by atoms with E-state index in [-0.39, 0.29) is 17.0 Å². The van der Waals surface area contributed by atoms with Crippen molar-refractivity contribution >= 4 is 5.91 Å². The molecule has 3 aliphatic rings. The Bertz CT molecular complexity index is 1230. The number of aromatic nitrogens is 2. The molecule has 1 fully saturated rings. The van der Waals surface area contributed by atoms with E-state index in [1.165, 1.54) is 12.1 Å². The maximum absolute atomic E-state index is 15.7. The molecule has 1 spiro atoms. The minimum absolute atomic E-state index is 0.0917. The highest BCUT2D eigenvalue weighted by Crippen LogP contribution is 2.45. The zero-order valence-electron chi connectivity index (χ0n) is 16.5. The first-order valence-corrected chi connectivity index (χ1v) is 10.1. The summed E-state index contributed by atoms with van der Waals surface area (Å²) in [6, 6.07) is 5.81. The number of pyridine rings is 1. The van der Waals surface area contributed by atoms with Gasteiger partial charge < -0.3 is 15.2 Å². The lowest BCUT2D eigenvalue weighted by Crippen LogP contribution is -2.65. The van der Waals surface area contributed by atoms with Crippen molar-refractivity contribution < 1.29 is 13.6 Å². The lowest BCUT2D eigenvalue weighted by molar-refractivity contribution is 0.0688. The molecule has 0 unspecified atom stereocenters. The van der Waals surface area contributed by atoms with Gasteiger partial charge in [-0.05, 0) is 43.1 Å². The number of likely N-dealkylation sites (tertiary alicyclic amines) is 1. The van der Waals surface area contributed by atoms with Gasteiger partial charge >= 0.3 is 0 Å².